The summed E-state index contributed by atoms with van der Waals surface area (Å²) in [6, 6.07) is 5.79. The van der Waals surface area contributed by atoms with Crippen LogP contribution in [-0.2, 0) is 14.1 Å². The van der Waals surface area contributed by atoms with Gasteiger partial charge in [-0.05, 0) is 47.2 Å². The summed E-state index contributed by atoms with van der Waals surface area (Å²) in [5.74, 6) is -0.557. The fourth-order valence-electron chi connectivity index (χ4n) is 3.10. The second-order valence-corrected chi connectivity index (χ2v) is 8.06. The maximum Gasteiger partial charge on any atom is 0.253 e. The van der Waals surface area contributed by atoms with E-state index < -0.39 is 17.3 Å². The molecule has 0 amide bonds. The van der Waals surface area contributed by atoms with Crippen LogP contribution in [0.25, 0.3) is 11.0 Å². The maximum atomic E-state index is 14.4. The zero-order valence-corrected chi connectivity index (χ0v) is 18.5. The number of hydrogen-bond donors (Lipinski definition) is 3. The average Bonchev–Trinajstić information content (AvgIpc) is 2.68. The molecule has 0 radical (unpaired) electrons. The number of fused-ring (bicyclic) bond motifs is 1. The van der Waals surface area contributed by atoms with Crippen LogP contribution in [0.5, 0.6) is 5.75 Å². The van der Waals surface area contributed by atoms with Crippen molar-refractivity contribution in [2.24, 2.45) is 14.1 Å². The van der Waals surface area contributed by atoms with Gasteiger partial charge in [0.15, 0.2) is 5.75 Å². The van der Waals surface area contributed by atoms with Crippen molar-refractivity contribution in [1.29, 1.82) is 0 Å². The molecule has 0 aliphatic rings. The largest absolute Gasteiger partial charge is 0.485 e. The molecule has 3 rings (SSSR count). The minimum atomic E-state index is -0.936. The highest BCUT2D eigenvalue weighted by Gasteiger charge is 2.18. The molecule has 0 bridgehead atoms. The highest BCUT2D eigenvalue weighted by atomic mass is 127. The summed E-state index contributed by atoms with van der Waals surface area (Å²) in [5, 5.41) is 21.7. The first-order valence-corrected chi connectivity index (χ1v) is 10.2. The predicted octanol–water partition coefficient (Wildman–Crippen LogP) is 1.85. The van der Waals surface area contributed by atoms with Crippen molar-refractivity contribution in [3.63, 3.8) is 0 Å². The quantitative estimate of drug-likeness (QED) is 0.404. The molecule has 0 unspecified atom stereocenters. The molecule has 30 heavy (non-hydrogen) atoms. The number of nitrogens with one attached hydrogen (secondary N) is 1. The van der Waals surface area contributed by atoms with E-state index in [-0.39, 0.29) is 47.7 Å². The maximum absolute atomic E-state index is 14.4. The summed E-state index contributed by atoms with van der Waals surface area (Å²) in [6.45, 7) is -0.389. The third-order valence-electron chi connectivity index (χ3n) is 4.60. The molecule has 0 saturated heterocycles. The van der Waals surface area contributed by atoms with E-state index in [0.717, 1.165) is 0 Å². The van der Waals surface area contributed by atoms with Gasteiger partial charge in [-0.15, -0.1) is 0 Å². The average molecular weight is 529 g/mol. The summed E-state index contributed by atoms with van der Waals surface area (Å²) in [5.41, 5.74) is -0.294. The van der Waals surface area contributed by atoms with Gasteiger partial charge < -0.3 is 24.8 Å². The highest BCUT2D eigenvalue weighted by molar-refractivity contribution is 14.1. The first-order chi connectivity index (χ1) is 14.2. The summed E-state index contributed by atoms with van der Waals surface area (Å²) in [6.07, 6.45) is 0.598. The molecule has 1 aromatic carbocycles. The standard InChI is InChI=1S/C20H21FIN3O5/c1-24-9-16(30-10-12(27)5-6-26)19(29)18-15(8-17(28)25(2)20(18)24)23-14-4-3-11(22)7-13(14)21/h3-4,7-9,12,23,26-27H,5-6,10H2,1-2H3/t12-/m1/s1. The van der Waals surface area contributed by atoms with E-state index in [1.54, 1.807) is 17.7 Å². The molecule has 2 aromatic heterocycles. The number of halogens is 2. The van der Waals surface area contributed by atoms with Gasteiger partial charge in [-0.2, -0.15) is 0 Å². The molecule has 3 aromatic rings. The number of aliphatic hydroxyl groups excluding tert-OH is 2. The molecule has 0 fully saturated rings. The molecule has 0 spiro atoms. The Hall–Kier alpha value is -2.44. The summed E-state index contributed by atoms with van der Waals surface area (Å²) in [4.78, 5) is 25.6. The van der Waals surface area contributed by atoms with E-state index in [9.17, 15) is 19.1 Å². The van der Waals surface area contributed by atoms with Gasteiger partial charge >= 0.3 is 0 Å². The number of pyridine rings is 2. The van der Waals surface area contributed by atoms with E-state index in [0.29, 0.717) is 9.22 Å². The Morgan fingerprint density at radius 2 is 1.97 bits per heavy atom. The highest BCUT2D eigenvalue weighted by Crippen LogP contribution is 2.26. The third kappa shape index (κ3) is 4.50. The number of benzene rings is 1. The van der Waals surface area contributed by atoms with Gasteiger partial charge in [0.25, 0.3) is 5.56 Å². The monoisotopic (exact) mass is 529 g/mol. The molecule has 8 nitrogen and oxygen atoms in total. The SMILES string of the molecule is Cn1cc(OC[C@H](O)CCO)c(=O)c2c(Nc3ccc(I)cc3F)cc(=O)n(C)c21. The van der Waals surface area contributed by atoms with E-state index >= 15 is 0 Å². The van der Waals surface area contributed by atoms with Gasteiger partial charge in [0.2, 0.25) is 5.43 Å². The minimum Gasteiger partial charge on any atom is -0.485 e. The first-order valence-electron chi connectivity index (χ1n) is 9.10. The molecule has 0 aliphatic heterocycles. The van der Waals surface area contributed by atoms with Crippen LogP contribution < -0.4 is 21.0 Å². The fraction of sp³-hybridized carbons (Fsp3) is 0.300. The van der Waals surface area contributed by atoms with E-state index in [4.69, 9.17) is 9.84 Å². The van der Waals surface area contributed by atoms with Crippen molar-refractivity contribution in [1.82, 2.24) is 9.13 Å². The number of nitrogens with zero attached hydrogens (tertiary/aromatic N) is 2. The number of ether oxygens (including phenoxy) is 1. The molecule has 1 atom stereocenters. The van der Waals surface area contributed by atoms with Crippen LogP contribution in [0.3, 0.4) is 0 Å². The lowest BCUT2D eigenvalue weighted by Crippen LogP contribution is -2.25. The van der Waals surface area contributed by atoms with Gasteiger partial charge in [0, 0.05) is 30.3 Å². The van der Waals surface area contributed by atoms with Crippen molar-refractivity contribution in [3.8, 4) is 5.75 Å². The number of aryl methyl sites for hydroxylation is 2. The van der Waals surface area contributed by atoms with Gasteiger partial charge in [0.05, 0.1) is 29.1 Å². The predicted molar refractivity (Wildman–Crippen MR) is 120 cm³/mol. The Morgan fingerprint density at radius 1 is 1.23 bits per heavy atom. The van der Waals surface area contributed by atoms with Crippen LogP contribution in [0.1, 0.15) is 6.42 Å². The van der Waals surface area contributed by atoms with E-state index in [2.05, 4.69) is 5.32 Å². The Balaban J connectivity index is 2.15. The molecule has 0 saturated carbocycles. The molecule has 0 aliphatic carbocycles. The van der Waals surface area contributed by atoms with Crippen LogP contribution in [0.4, 0.5) is 15.8 Å². The second-order valence-electron chi connectivity index (χ2n) is 6.81. The van der Waals surface area contributed by atoms with Gasteiger partial charge in [-0.25, -0.2) is 4.39 Å². The summed E-state index contributed by atoms with van der Waals surface area (Å²) >= 11 is 1.98. The van der Waals surface area contributed by atoms with Crippen molar-refractivity contribution in [2.45, 2.75) is 12.5 Å². The zero-order chi connectivity index (χ0) is 22.0. The summed E-state index contributed by atoms with van der Waals surface area (Å²) < 4.78 is 23.4. The van der Waals surface area contributed by atoms with Crippen molar-refractivity contribution < 1.29 is 19.3 Å². The van der Waals surface area contributed by atoms with Crippen LogP contribution in [0, 0.1) is 9.39 Å². The van der Waals surface area contributed by atoms with Gasteiger partial charge in [0.1, 0.15) is 18.1 Å². The van der Waals surface area contributed by atoms with E-state index in [1.165, 1.54) is 36.0 Å². The molecule has 10 heteroatoms. The lowest BCUT2D eigenvalue weighted by atomic mass is 10.2. The topological polar surface area (TPSA) is 106 Å². The Kier molecular flexibility index (Phi) is 6.78. The number of anilines is 2. The second kappa shape index (κ2) is 9.14. The Morgan fingerprint density at radius 3 is 2.63 bits per heavy atom. The van der Waals surface area contributed by atoms with Gasteiger partial charge in [-0.1, -0.05) is 0 Å². The minimum absolute atomic E-state index is 0.0354. The lowest BCUT2D eigenvalue weighted by Gasteiger charge is -2.17. The van der Waals surface area contributed by atoms with Crippen molar-refractivity contribution in [2.75, 3.05) is 18.5 Å². The number of hydrogen-bond acceptors (Lipinski definition) is 6. The van der Waals surface area contributed by atoms with Crippen LogP contribution in [0.15, 0.2) is 40.1 Å². The third-order valence-corrected chi connectivity index (χ3v) is 5.27. The smallest absolute Gasteiger partial charge is 0.253 e. The number of aliphatic hydroxyl groups is 2. The Labute approximate surface area is 184 Å². The fourth-order valence-corrected chi connectivity index (χ4v) is 3.55. The Bertz CT molecular complexity index is 1210. The summed E-state index contributed by atoms with van der Waals surface area (Å²) in [7, 11) is 3.18. The normalized spacial score (nSPS) is 12.2. The molecule has 2 heterocycles. The zero-order valence-electron chi connectivity index (χ0n) is 16.4. The first kappa shape index (κ1) is 22.2. The van der Waals surface area contributed by atoms with Gasteiger partial charge in [-0.3, -0.25) is 14.2 Å². The number of aromatic nitrogens is 2. The van der Waals surface area contributed by atoms with E-state index in [1.807, 2.05) is 22.6 Å². The lowest BCUT2D eigenvalue weighted by molar-refractivity contribution is 0.0815. The van der Waals surface area contributed by atoms with Crippen molar-refractivity contribution in [3.05, 3.63) is 60.4 Å². The molecule has 160 valence electrons. The number of rotatable bonds is 7. The van der Waals surface area contributed by atoms with Crippen molar-refractivity contribution >= 4 is 45.0 Å². The molecular weight excluding hydrogens is 508 g/mol. The van der Waals surface area contributed by atoms with Crippen LogP contribution in [-0.4, -0.2) is 38.7 Å². The molecular formula is C20H21FIN3O5. The molecule has 3 N–H and O–H groups in total. The van der Waals surface area contributed by atoms with Crippen LogP contribution in [0.2, 0.25) is 0 Å². The van der Waals surface area contributed by atoms with Crippen LogP contribution >= 0.6 is 22.6 Å².